The van der Waals surface area contributed by atoms with Gasteiger partial charge in [-0.05, 0) is 37.3 Å². The summed E-state index contributed by atoms with van der Waals surface area (Å²) in [5, 5.41) is 12.4. The van der Waals surface area contributed by atoms with Crippen LogP contribution in [0.15, 0.2) is 53.5 Å². The SMILES string of the molecule is COc1ccc(-n2c([C@@H]3CC(F)(F)CN3)nc3c(-c4ccc(C)nc4)cc(C#N)cc3c2=O)cc1F. The van der Waals surface area contributed by atoms with E-state index in [0.717, 1.165) is 16.3 Å². The lowest BCUT2D eigenvalue weighted by atomic mass is 10.00. The van der Waals surface area contributed by atoms with Crippen molar-refractivity contribution in [2.24, 2.45) is 0 Å². The highest BCUT2D eigenvalue weighted by Crippen LogP contribution is 2.36. The molecule has 0 unspecified atom stereocenters. The number of alkyl halides is 2. The van der Waals surface area contributed by atoms with Gasteiger partial charge in [0.05, 0.1) is 47.9 Å². The molecule has 1 N–H and O–H groups in total. The first-order chi connectivity index (χ1) is 17.2. The Bertz CT molecular complexity index is 1590. The zero-order chi connectivity index (χ0) is 25.6. The molecule has 0 saturated carbocycles. The fraction of sp³-hybridized carbons (Fsp3) is 0.231. The van der Waals surface area contributed by atoms with Gasteiger partial charge in [-0.1, -0.05) is 6.07 Å². The average molecular weight is 491 g/mol. The van der Waals surface area contributed by atoms with E-state index in [1.807, 2.05) is 13.0 Å². The minimum absolute atomic E-state index is 0.0141. The van der Waals surface area contributed by atoms with Gasteiger partial charge in [0.1, 0.15) is 5.82 Å². The van der Waals surface area contributed by atoms with Crippen LogP contribution in [0.4, 0.5) is 13.2 Å². The summed E-state index contributed by atoms with van der Waals surface area (Å²) in [6, 6.07) is 11.5. The molecule has 1 aliphatic heterocycles. The van der Waals surface area contributed by atoms with Crippen LogP contribution in [0.25, 0.3) is 27.7 Å². The number of nitrogens with zero attached hydrogens (tertiary/aromatic N) is 4. The molecule has 0 spiro atoms. The second kappa shape index (κ2) is 8.77. The highest BCUT2D eigenvalue weighted by Gasteiger charge is 2.42. The Morgan fingerprint density at radius 1 is 1.22 bits per heavy atom. The standard InChI is InChI=1S/C26H20F3N5O2/c1-14-3-4-16(12-31-14)18-7-15(11-30)8-19-23(18)33-24(21-10-26(28,29)13-32-21)34(25(19)35)17-5-6-22(36-2)20(27)9-17/h3-9,12,21,32H,10,13H2,1-2H3/t21-/m0/s1. The van der Waals surface area contributed by atoms with E-state index >= 15 is 0 Å². The molecular weight excluding hydrogens is 471 g/mol. The highest BCUT2D eigenvalue weighted by atomic mass is 19.3. The number of ether oxygens (including phenoxy) is 1. The second-order valence-corrected chi connectivity index (χ2v) is 8.64. The number of hydrogen-bond acceptors (Lipinski definition) is 6. The second-order valence-electron chi connectivity index (χ2n) is 8.64. The number of halogens is 3. The van der Waals surface area contributed by atoms with Crippen LogP contribution in [0.5, 0.6) is 5.75 Å². The molecule has 0 radical (unpaired) electrons. The van der Waals surface area contributed by atoms with Crippen LogP contribution in [0.1, 0.15) is 29.5 Å². The van der Waals surface area contributed by atoms with E-state index in [0.29, 0.717) is 11.1 Å². The molecule has 1 fully saturated rings. The number of methoxy groups -OCH3 is 1. The molecule has 4 aromatic rings. The van der Waals surface area contributed by atoms with E-state index in [1.165, 1.54) is 25.3 Å². The predicted molar refractivity (Wildman–Crippen MR) is 127 cm³/mol. The molecule has 5 rings (SSSR count). The maximum Gasteiger partial charge on any atom is 0.266 e. The lowest BCUT2D eigenvalue weighted by Gasteiger charge is -2.20. The number of aryl methyl sites for hydroxylation is 1. The number of hydrogen-bond donors (Lipinski definition) is 1. The summed E-state index contributed by atoms with van der Waals surface area (Å²) in [6.07, 6.45) is 1.01. The Balaban J connectivity index is 1.85. The molecule has 0 aliphatic carbocycles. The van der Waals surface area contributed by atoms with E-state index < -0.39 is 36.3 Å². The smallest absolute Gasteiger partial charge is 0.266 e. The van der Waals surface area contributed by atoms with Gasteiger partial charge in [0.15, 0.2) is 11.6 Å². The van der Waals surface area contributed by atoms with Crippen molar-refractivity contribution >= 4 is 10.9 Å². The molecule has 2 aromatic carbocycles. The van der Waals surface area contributed by atoms with E-state index in [9.17, 15) is 23.2 Å². The monoisotopic (exact) mass is 491 g/mol. The van der Waals surface area contributed by atoms with Gasteiger partial charge in [0.25, 0.3) is 11.5 Å². The first-order valence-electron chi connectivity index (χ1n) is 11.1. The number of nitrogens with one attached hydrogen (secondary N) is 1. The Kier molecular flexibility index (Phi) is 5.73. The molecule has 182 valence electrons. The van der Waals surface area contributed by atoms with E-state index in [2.05, 4.69) is 15.3 Å². The quantitative estimate of drug-likeness (QED) is 0.454. The van der Waals surface area contributed by atoms with Crippen LogP contribution < -0.4 is 15.6 Å². The average Bonchev–Trinajstić information content (AvgIpc) is 3.23. The van der Waals surface area contributed by atoms with Crippen molar-refractivity contribution in [2.75, 3.05) is 13.7 Å². The normalized spacial score (nSPS) is 16.7. The number of nitriles is 1. The predicted octanol–water partition coefficient (Wildman–Crippen LogP) is 4.45. The van der Waals surface area contributed by atoms with Gasteiger partial charge in [-0.15, -0.1) is 0 Å². The van der Waals surface area contributed by atoms with E-state index in [1.54, 1.807) is 24.4 Å². The highest BCUT2D eigenvalue weighted by molar-refractivity contribution is 5.94. The summed E-state index contributed by atoms with van der Waals surface area (Å²) in [7, 11) is 1.31. The summed E-state index contributed by atoms with van der Waals surface area (Å²) < 4.78 is 49.0. The summed E-state index contributed by atoms with van der Waals surface area (Å²) in [4.78, 5) is 22.8. The van der Waals surface area contributed by atoms with Crippen molar-refractivity contribution in [3.63, 3.8) is 0 Å². The van der Waals surface area contributed by atoms with Gasteiger partial charge in [-0.25, -0.2) is 18.2 Å². The largest absolute Gasteiger partial charge is 0.494 e. The van der Waals surface area contributed by atoms with E-state index in [-0.39, 0.29) is 33.7 Å². The molecule has 36 heavy (non-hydrogen) atoms. The lowest BCUT2D eigenvalue weighted by molar-refractivity contribution is 0.0207. The van der Waals surface area contributed by atoms with Gasteiger partial charge in [0, 0.05) is 35.5 Å². The van der Waals surface area contributed by atoms with Gasteiger partial charge in [-0.3, -0.25) is 14.3 Å². The molecule has 1 aliphatic rings. The van der Waals surface area contributed by atoms with Crippen molar-refractivity contribution < 1.29 is 17.9 Å². The number of rotatable bonds is 4. The first-order valence-corrected chi connectivity index (χ1v) is 11.1. The maximum absolute atomic E-state index is 14.6. The molecule has 10 heteroatoms. The topological polar surface area (TPSA) is 92.8 Å². The minimum Gasteiger partial charge on any atom is -0.494 e. The van der Waals surface area contributed by atoms with Crippen molar-refractivity contribution in [2.45, 2.75) is 25.3 Å². The van der Waals surface area contributed by atoms with Crippen LogP contribution in [-0.4, -0.2) is 34.1 Å². The summed E-state index contributed by atoms with van der Waals surface area (Å²) in [5.41, 5.74) is 1.78. The Labute approximate surface area is 203 Å². The van der Waals surface area contributed by atoms with Crippen molar-refractivity contribution in [3.8, 4) is 28.6 Å². The third-order valence-electron chi connectivity index (χ3n) is 6.17. The van der Waals surface area contributed by atoms with Crippen molar-refractivity contribution in [1.82, 2.24) is 19.9 Å². The lowest BCUT2D eigenvalue weighted by Crippen LogP contribution is -2.29. The number of pyridine rings is 1. The summed E-state index contributed by atoms with van der Waals surface area (Å²) >= 11 is 0. The van der Waals surface area contributed by atoms with Crippen LogP contribution >= 0.6 is 0 Å². The minimum atomic E-state index is -3.00. The molecule has 3 heterocycles. The molecular formula is C26H20F3N5O2. The summed E-state index contributed by atoms with van der Waals surface area (Å²) in [6.45, 7) is 1.24. The molecule has 1 atom stereocenters. The van der Waals surface area contributed by atoms with Crippen LogP contribution in [0.2, 0.25) is 0 Å². The van der Waals surface area contributed by atoms with Crippen molar-refractivity contribution in [3.05, 3.63) is 81.9 Å². The molecule has 0 amide bonds. The van der Waals surface area contributed by atoms with Crippen LogP contribution in [0.3, 0.4) is 0 Å². The van der Waals surface area contributed by atoms with Gasteiger partial charge in [0.2, 0.25) is 0 Å². The maximum atomic E-state index is 14.6. The number of fused-ring (bicyclic) bond motifs is 1. The fourth-order valence-corrected chi connectivity index (χ4v) is 4.39. The number of benzene rings is 2. The Hall–Kier alpha value is -4.23. The number of aromatic nitrogens is 3. The molecule has 0 bridgehead atoms. The van der Waals surface area contributed by atoms with Gasteiger partial charge < -0.3 is 10.1 Å². The Morgan fingerprint density at radius 2 is 2.03 bits per heavy atom. The third kappa shape index (κ3) is 4.07. The molecule has 2 aromatic heterocycles. The summed E-state index contributed by atoms with van der Waals surface area (Å²) in [5.74, 6) is -3.74. The molecule has 1 saturated heterocycles. The van der Waals surface area contributed by atoms with Gasteiger partial charge in [-0.2, -0.15) is 5.26 Å². The van der Waals surface area contributed by atoms with Crippen LogP contribution in [0, 0.1) is 24.1 Å². The van der Waals surface area contributed by atoms with Crippen LogP contribution in [-0.2, 0) is 0 Å². The zero-order valence-corrected chi connectivity index (χ0v) is 19.3. The fourth-order valence-electron chi connectivity index (χ4n) is 4.39. The molecule has 7 nitrogen and oxygen atoms in total. The van der Waals surface area contributed by atoms with Gasteiger partial charge >= 0.3 is 0 Å². The first kappa shape index (κ1) is 23.5. The van der Waals surface area contributed by atoms with E-state index in [4.69, 9.17) is 4.74 Å². The Morgan fingerprint density at radius 3 is 2.64 bits per heavy atom. The third-order valence-corrected chi connectivity index (χ3v) is 6.17. The van der Waals surface area contributed by atoms with Crippen molar-refractivity contribution in [1.29, 1.82) is 5.26 Å². The zero-order valence-electron chi connectivity index (χ0n) is 19.3.